The SMILES string of the molecule is COc1cc(C#CC(=O)OC/C=C\c2ccc3c(c2)OCO3)cc(OC)c1OC. The van der Waals surface area contributed by atoms with E-state index in [0.29, 0.717) is 28.6 Å². The molecular formula is C22H20O7. The Balaban J connectivity index is 1.58. The average molecular weight is 396 g/mol. The molecule has 1 aliphatic heterocycles. The smallest absolute Gasteiger partial charge is 0.385 e. The molecule has 1 heterocycles. The van der Waals surface area contributed by atoms with Crippen LogP contribution in [-0.2, 0) is 9.53 Å². The third-order valence-corrected chi connectivity index (χ3v) is 3.99. The molecule has 0 bridgehead atoms. The van der Waals surface area contributed by atoms with Gasteiger partial charge >= 0.3 is 5.97 Å². The maximum Gasteiger partial charge on any atom is 0.385 e. The van der Waals surface area contributed by atoms with Crippen LogP contribution in [0.15, 0.2) is 36.4 Å². The number of hydrogen-bond donors (Lipinski definition) is 0. The summed E-state index contributed by atoms with van der Waals surface area (Å²) in [6.45, 7) is 0.321. The number of fused-ring (bicyclic) bond motifs is 1. The third-order valence-electron chi connectivity index (χ3n) is 3.99. The van der Waals surface area contributed by atoms with Crippen LogP contribution in [0.3, 0.4) is 0 Å². The normalized spacial score (nSPS) is 11.6. The summed E-state index contributed by atoms with van der Waals surface area (Å²) in [5, 5.41) is 0. The molecule has 0 fully saturated rings. The number of hydrogen-bond acceptors (Lipinski definition) is 7. The molecule has 7 nitrogen and oxygen atoms in total. The van der Waals surface area contributed by atoms with E-state index in [0.717, 1.165) is 11.3 Å². The highest BCUT2D eigenvalue weighted by Crippen LogP contribution is 2.38. The highest BCUT2D eigenvalue weighted by atomic mass is 16.7. The van der Waals surface area contributed by atoms with Crippen LogP contribution in [0, 0.1) is 11.8 Å². The Bertz CT molecular complexity index is 957. The molecule has 2 aromatic carbocycles. The first-order valence-electron chi connectivity index (χ1n) is 8.69. The van der Waals surface area contributed by atoms with Crippen molar-refractivity contribution < 1.29 is 33.2 Å². The van der Waals surface area contributed by atoms with Gasteiger partial charge in [-0.05, 0) is 35.9 Å². The molecule has 0 unspecified atom stereocenters. The standard InChI is InChI=1S/C22H20O7/c1-24-19-12-16(13-20(25-2)22(19)26-3)7-9-21(23)27-10-4-5-15-6-8-17-18(11-15)29-14-28-17/h4-6,8,11-13H,10,14H2,1-3H3/b5-4-. The zero-order valence-electron chi connectivity index (χ0n) is 16.3. The van der Waals surface area contributed by atoms with Crippen LogP contribution in [0.2, 0.25) is 0 Å². The fourth-order valence-corrected chi connectivity index (χ4v) is 2.64. The van der Waals surface area contributed by atoms with Crippen LogP contribution in [0.25, 0.3) is 6.08 Å². The third kappa shape index (κ3) is 4.93. The molecular weight excluding hydrogens is 376 g/mol. The Hall–Kier alpha value is -3.79. The van der Waals surface area contributed by atoms with E-state index < -0.39 is 5.97 Å². The lowest BCUT2D eigenvalue weighted by atomic mass is 10.2. The molecule has 0 spiro atoms. The Morgan fingerprint density at radius 3 is 2.45 bits per heavy atom. The fourth-order valence-electron chi connectivity index (χ4n) is 2.64. The minimum atomic E-state index is -0.644. The van der Waals surface area contributed by atoms with E-state index in [9.17, 15) is 4.79 Å². The second kappa shape index (κ2) is 9.42. The number of esters is 1. The molecule has 0 amide bonds. The van der Waals surface area contributed by atoms with Crippen molar-refractivity contribution in [3.8, 4) is 40.6 Å². The predicted octanol–water partition coefficient (Wildman–Crippen LogP) is 3.05. The highest BCUT2D eigenvalue weighted by Gasteiger charge is 2.13. The van der Waals surface area contributed by atoms with Crippen molar-refractivity contribution in [3.05, 3.63) is 47.5 Å². The zero-order valence-corrected chi connectivity index (χ0v) is 16.3. The molecule has 1 aliphatic rings. The Kier molecular flexibility index (Phi) is 6.48. The molecule has 0 aliphatic carbocycles. The van der Waals surface area contributed by atoms with Gasteiger partial charge in [-0.3, -0.25) is 0 Å². The van der Waals surface area contributed by atoms with Crippen molar-refractivity contribution in [1.82, 2.24) is 0 Å². The predicted molar refractivity (Wildman–Crippen MR) is 106 cm³/mol. The van der Waals surface area contributed by atoms with Crippen molar-refractivity contribution in [1.29, 1.82) is 0 Å². The van der Waals surface area contributed by atoms with Crippen LogP contribution >= 0.6 is 0 Å². The van der Waals surface area contributed by atoms with Gasteiger partial charge in [0.1, 0.15) is 6.61 Å². The first-order valence-corrected chi connectivity index (χ1v) is 8.69. The maximum atomic E-state index is 11.9. The number of carbonyl (C=O) groups is 1. The van der Waals surface area contributed by atoms with Crippen molar-refractivity contribution >= 4 is 12.0 Å². The average Bonchev–Trinajstić information content (AvgIpc) is 3.22. The summed E-state index contributed by atoms with van der Waals surface area (Å²) in [6.07, 6.45) is 3.54. The van der Waals surface area contributed by atoms with E-state index in [-0.39, 0.29) is 13.4 Å². The van der Waals surface area contributed by atoms with E-state index in [4.69, 9.17) is 28.4 Å². The first-order chi connectivity index (χ1) is 14.1. The van der Waals surface area contributed by atoms with Crippen molar-refractivity contribution in [3.63, 3.8) is 0 Å². The van der Waals surface area contributed by atoms with Gasteiger partial charge in [0.05, 0.1) is 21.3 Å². The number of ether oxygens (including phenoxy) is 6. The molecule has 0 saturated heterocycles. The topological polar surface area (TPSA) is 72.5 Å². The Morgan fingerprint density at radius 1 is 1.03 bits per heavy atom. The van der Waals surface area contributed by atoms with Gasteiger partial charge in [-0.15, -0.1) is 0 Å². The van der Waals surface area contributed by atoms with Gasteiger partial charge < -0.3 is 28.4 Å². The second-order valence-electron chi connectivity index (χ2n) is 5.78. The van der Waals surface area contributed by atoms with Crippen molar-refractivity contribution in [2.45, 2.75) is 0 Å². The van der Waals surface area contributed by atoms with Crippen LogP contribution in [0.4, 0.5) is 0 Å². The van der Waals surface area contributed by atoms with Crippen LogP contribution in [-0.4, -0.2) is 40.7 Å². The zero-order chi connectivity index (χ0) is 20.6. The fraction of sp³-hybridized carbons (Fsp3) is 0.227. The summed E-state index contributed by atoms with van der Waals surface area (Å²) >= 11 is 0. The summed E-state index contributed by atoms with van der Waals surface area (Å²) in [7, 11) is 4.53. The maximum absolute atomic E-state index is 11.9. The highest BCUT2D eigenvalue weighted by molar-refractivity contribution is 5.89. The molecule has 0 radical (unpaired) electrons. The largest absolute Gasteiger partial charge is 0.493 e. The minimum Gasteiger partial charge on any atom is -0.493 e. The molecule has 150 valence electrons. The van der Waals surface area contributed by atoms with Crippen molar-refractivity contribution in [2.24, 2.45) is 0 Å². The van der Waals surface area contributed by atoms with Gasteiger partial charge in [0, 0.05) is 11.5 Å². The summed E-state index contributed by atoms with van der Waals surface area (Å²) in [6, 6.07) is 8.88. The second-order valence-corrected chi connectivity index (χ2v) is 5.78. The van der Waals surface area contributed by atoms with E-state index in [1.54, 1.807) is 18.2 Å². The molecule has 7 heteroatoms. The lowest BCUT2D eigenvalue weighted by Gasteiger charge is -2.12. The van der Waals surface area contributed by atoms with Gasteiger partial charge in [0.15, 0.2) is 23.0 Å². The monoisotopic (exact) mass is 396 g/mol. The number of carbonyl (C=O) groups excluding carboxylic acids is 1. The van der Waals surface area contributed by atoms with Crippen LogP contribution in [0.1, 0.15) is 11.1 Å². The molecule has 0 saturated carbocycles. The summed E-state index contributed by atoms with van der Waals surface area (Å²) in [4.78, 5) is 11.9. The molecule has 0 atom stereocenters. The Labute approximate surface area is 168 Å². The lowest BCUT2D eigenvalue weighted by Crippen LogP contribution is -2.01. The Morgan fingerprint density at radius 2 is 1.76 bits per heavy atom. The summed E-state index contributed by atoms with van der Waals surface area (Å²) in [5.41, 5.74) is 1.45. The summed E-state index contributed by atoms with van der Waals surface area (Å²) in [5.74, 6) is 7.31. The van der Waals surface area contributed by atoms with Gasteiger partial charge in [-0.25, -0.2) is 4.79 Å². The van der Waals surface area contributed by atoms with Gasteiger partial charge in [-0.1, -0.05) is 18.1 Å². The van der Waals surface area contributed by atoms with E-state index in [1.165, 1.54) is 21.3 Å². The van der Waals surface area contributed by atoms with E-state index in [1.807, 2.05) is 24.3 Å². The van der Waals surface area contributed by atoms with Crippen molar-refractivity contribution in [2.75, 3.05) is 34.7 Å². The first kappa shape index (κ1) is 20.0. The van der Waals surface area contributed by atoms with Gasteiger partial charge in [-0.2, -0.15) is 0 Å². The number of benzene rings is 2. The summed E-state index contributed by atoms with van der Waals surface area (Å²) < 4.78 is 31.4. The minimum absolute atomic E-state index is 0.0945. The van der Waals surface area contributed by atoms with Crippen LogP contribution < -0.4 is 23.7 Å². The number of rotatable bonds is 6. The number of methoxy groups -OCH3 is 3. The molecule has 29 heavy (non-hydrogen) atoms. The van der Waals surface area contributed by atoms with E-state index in [2.05, 4.69) is 11.8 Å². The molecule has 3 rings (SSSR count). The van der Waals surface area contributed by atoms with Gasteiger partial charge in [0.25, 0.3) is 0 Å². The molecule has 2 aromatic rings. The lowest BCUT2D eigenvalue weighted by molar-refractivity contribution is -0.135. The molecule has 0 aromatic heterocycles. The molecule has 0 N–H and O–H groups in total. The van der Waals surface area contributed by atoms with E-state index >= 15 is 0 Å². The van der Waals surface area contributed by atoms with Crippen LogP contribution in [0.5, 0.6) is 28.7 Å². The van der Waals surface area contributed by atoms with Gasteiger partial charge in [0.2, 0.25) is 12.5 Å². The quantitative estimate of drug-likeness (QED) is 0.549.